The molecule has 4 heterocycles. The van der Waals surface area contributed by atoms with Crippen LogP contribution in [0.25, 0.3) is 5.65 Å². The molecule has 158 valence electrons. The maximum Gasteiger partial charge on any atom is 0.272 e. The van der Waals surface area contributed by atoms with E-state index in [9.17, 15) is 14.4 Å². The lowest BCUT2D eigenvalue weighted by Gasteiger charge is -2.21. The third-order valence-electron chi connectivity index (χ3n) is 5.30. The molecule has 2 aromatic heterocycles. The fourth-order valence-electron chi connectivity index (χ4n) is 3.68. The molecule has 1 fully saturated rings. The molecule has 10 nitrogen and oxygen atoms in total. The predicted octanol–water partition coefficient (Wildman–Crippen LogP) is 0.521. The topological polar surface area (TPSA) is 112 Å². The van der Waals surface area contributed by atoms with Gasteiger partial charge in [-0.2, -0.15) is 5.10 Å². The van der Waals surface area contributed by atoms with E-state index in [1.165, 1.54) is 10.7 Å². The predicted molar refractivity (Wildman–Crippen MR) is 113 cm³/mol. The molecule has 0 spiro atoms. The van der Waals surface area contributed by atoms with Gasteiger partial charge in [-0.3, -0.25) is 4.79 Å². The minimum absolute atomic E-state index is 0.244. The highest BCUT2D eigenvalue weighted by Crippen LogP contribution is 2.22. The summed E-state index contributed by atoms with van der Waals surface area (Å²) in [6.45, 7) is 0.972. The number of aromatic nitrogens is 3. The molecule has 2 aliphatic heterocycles. The van der Waals surface area contributed by atoms with Crippen LogP contribution in [0.15, 0.2) is 48.1 Å². The second-order valence-corrected chi connectivity index (χ2v) is 7.22. The number of likely N-dealkylation sites (tertiary alicyclic amines) is 1. The average molecular weight is 419 g/mol. The van der Waals surface area contributed by atoms with Crippen molar-refractivity contribution in [2.24, 2.45) is 0 Å². The van der Waals surface area contributed by atoms with Gasteiger partial charge in [-0.1, -0.05) is 6.08 Å². The number of anilines is 1. The molecule has 2 N–H and O–H groups in total. The summed E-state index contributed by atoms with van der Waals surface area (Å²) in [5, 5.41) is 10.5. The van der Waals surface area contributed by atoms with Crippen LogP contribution in [-0.2, 0) is 16.1 Å². The van der Waals surface area contributed by atoms with E-state index in [0.29, 0.717) is 47.9 Å². The first kappa shape index (κ1) is 20.2. The third-order valence-corrected chi connectivity index (χ3v) is 5.30. The van der Waals surface area contributed by atoms with E-state index in [2.05, 4.69) is 20.7 Å². The van der Waals surface area contributed by atoms with Crippen LogP contribution in [0, 0.1) is 0 Å². The fourth-order valence-corrected chi connectivity index (χ4v) is 3.68. The Bertz CT molecular complexity index is 1200. The Labute approximate surface area is 178 Å². The number of carbonyl (C=O) groups excluding carboxylic acids is 3. The highest BCUT2D eigenvalue weighted by Gasteiger charge is 2.29. The molecule has 2 aromatic rings. The van der Waals surface area contributed by atoms with E-state index in [1.54, 1.807) is 42.2 Å². The summed E-state index contributed by atoms with van der Waals surface area (Å²) in [6, 6.07) is 1.41. The summed E-state index contributed by atoms with van der Waals surface area (Å²) in [6.07, 6.45) is 9.07. The van der Waals surface area contributed by atoms with Crippen molar-refractivity contribution in [2.45, 2.75) is 19.0 Å². The number of amides is 1. The molecule has 1 saturated heterocycles. The van der Waals surface area contributed by atoms with Gasteiger partial charge in [-0.25, -0.2) is 19.1 Å². The molecular formula is C21H21N7O3. The minimum atomic E-state index is -0.405. The Balaban J connectivity index is 1.66. The van der Waals surface area contributed by atoms with Crippen molar-refractivity contribution >= 4 is 29.1 Å². The summed E-state index contributed by atoms with van der Waals surface area (Å²) < 4.78 is 1.47. The number of imidazole rings is 1. The maximum atomic E-state index is 13.0. The van der Waals surface area contributed by atoms with Crippen LogP contribution < -0.4 is 10.6 Å². The normalized spacial score (nSPS) is 17.8. The quantitative estimate of drug-likeness (QED) is 0.675. The van der Waals surface area contributed by atoms with Gasteiger partial charge in [-0.05, 0) is 24.6 Å². The van der Waals surface area contributed by atoms with Crippen LogP contribution in [0.4, 0.5) is 5.69 Å². The van der Waals surface area contributed by atoms with Crippen molar-refractivity contribution in [1.82, 2.24) is 29.7 Å². The fraction of sp³-hybridized carbons (Fsp3) is 0.286. The smallest absolute Gasteiger partial charge is 0.272 e. The van der Waals surface area contributed by atoms with Gasteiger partial charge in [0.1, 0.15) is 17.3 Å². The number of nitrogens with one attached hydrogen (secondary N) is 2. The lowest BCUT2D eigenvalue weighted by molar-refractivity contribution is 0.0936. The van der Waals surface area contributed by atoms with E-state index < -0.39 is 6.04 Å². The second-order valence-electron chi connectivity index (χ2n) is 7.22. The molecule has 4 rings (SSSR count). The van der Waals surface area contributed by atoms with Crippen LogP contribution in [0.2, 0.25) is 0 Å². The largest absolute Gasteiger partial charge is 0.385 e. The number of likely N-dealkylation sites (N-methyl/N-ethyl adjacent to an activating group) is 1. The van der Waals surface area contributed by atoms with Gasteiger partial charge in [0, 0.05) is 26.8 Å². The zero-order valence-corrected chi connectivity index (χ0v) is 17.1. The van der Waals surface area contributed by atoms with Crippen LogP contribution in [0.1, 0.15) is 22.6 Å². The van der Waals surface area contributed by atoms with Gasteiger partial charge in [0.15, 0.2) is 17.3 Å². The molecule has 0 saturated carbocycles. The number of fused-ring (bicyclic) bond motifs is 1. The summed E-state index contributed by atoms with van der Waals surface area (Å²) in [5.41, 5.74) is 2.85. The number of hydrogen-bond acceptors (Lipinski definition) is 8. The highest BCUT2D eigenvalue weighted by atomic mass is 16.2. The lowest BCUT2D eigenvalue weighted by atomic mass is 10.2. The Hall–Kier alpha value is -4.13. The van der Waals surface area contributed by atoms with E-state index in [1.807, 2.05) is 24.0 Å². The monoisotopic (exact) mass is 419 g/mol. The molecule has 1 amide bonds. The number of nitrogens with zero attached hydrogens (tertiary/aromatic N) is 5. The van der Waals surface area contributed by atoms with Crippen molar-refractivity contribution in [2.75, 3.05) is 26.0 Å². The second kappa shape index (κ2) is 8.31. The SMILES string of the molecule is CNc1cc(CN2C=CC=CC2=C=O)nn2c(C(=O)N[C@@H]3CCN(C)C3=C=O)cnc12. The first-order chi connectivity index (χ1) is 15.0. The van der Waals surface area contributed by atoms with Gasteiger partial charge in [0.2, 0.25) is 0 Å². The number of carbonyl (C=O) groups is 1. The zero-order chi connectivity index (χ0) is 22.0. The van der Waals surface area contributed by atoms with E-state index in [4.69, 9.17) is 0 Å². The molecule has 0 radical (unpaired) electrons. The van der Waals surface area contributed by atoms with Crippen molar-refractivity contribution in [3.8, 4) is 0 Å². The van der Waals surface area contributed by atoms with Crippen molar-refractivity contribution in [3.05, 3.63) is 59.5 Å². The summed E-state index contributed by atoms with van der Waals surface area (Å²) in [4.78, 5) is 43.2. The van der Waals surface area contributed by atoms with Crippen LogP contribution in [0.3, 0.4) is 0 Å². The standard InChI is InChI=1S/C21H21N7O3/c1-22-17-9-14(11-27-7-4-3-5-15(27)12-29)25-28-18(10-23-20(17)28)21(31)24-16-6-8-26(2)19(16)13-30/h3-5,7,9-10,16,22H,6,8,11H2,1-2H3,(H,24,31)/t16-/m1/s1. The molecule has 0 unspecified atom stereocenters. The van der Waals surface area contributed by atoms with Gasteiger partial charge >= 0.3 is 0 Å². The molecule has 31 heavy (non-hydrogen) atoms. The molecule has 0 aromatic carbocycles. The highest BCUT2D eigenvalue weighted by molar-refractivity contribution is 5.94. The van der Waals surface area contributed by atoms with Gasteiger partial charge in [0.05, 0.1) is 30.2 Å². The Morgan fingerprint density at radius 2 is 2.13 bits per heavy atom. The van der Waals surface area contributed by atoms with Gasteiger partial charge < -0.3 is 20.4 Å². The van der Waals surface area contributed by atoms with Crippen molar-refractivity contribution in [1.29, 1.82) is 0 Å². The Kier molecular flexibility index (Phi) is 5.41. The van der Waals surface area contributed by atoms with Crippen LogP contribution >= 0.6 is 0 Å². The van der Waals surface area contributed by atoms with Crippen LogP contribution in [0.5, 0.6) is 0 Å². The van der Waals surface area contributed by atoms with Gasteiger partial charge in [0.25, 0.3) is 5.91 Å². The van der Waals surface area contributed by atoms with Crippen molar-refractivity contribution < 1.29 is 14.4 Å². The van der Waals surface area contributed by atoms with Crippen LogP contribution in [-0.4, -0.2) is 68.9 Å². The molecule has 0 bridgehead atoms. The molecule has 0 aliphatic carbocycles. The minimum Gasteiger partial charge on any atom is -0.385 e. The maximum absolute atomic E-state index is 13.0. The van der Waals surface area contributed by atoms with E-state index in [-0.39, 0.29) is 11.6 Å². The number of allylic oxidation sites excluding steroid dienone is 3. The summed E-state index contributed by atoms with van der Waals surface area (Å²) >= 11 is 0. The van der Waals surface area contributed by atoms with Crippen molar-refractivity contribution in [3.63, 3.8) is 0 Å². The third kappa shape index (κ3) is 3.73. The number of rotatable bonds is 5. The lowest BCUT2D eigenvalue weighted by Crippen LogP contribution is -2.36. The molecule has 2 aliphatic rings. The first-order valence-electron chi connectivity index (χ1n) is 9.74. The van der Waals surface area contributed by atoms with Gasteiger partial charge in [-0.15, -0.1) is 0 Å². The Morgan fingerprint density at radius 3 is 2.87 bits per heavy atom. The van der Waals surface area contributed by atoms with E-state index in [0.717, 1.165) is 0 Å². The number of hydrogen-bond donors (Lipinski definition) is 2. The molecule has 1 atom stereocenters. The average Bonchev–Trinajstić information content (AvgIpc) is 3.36. The zero-order valence-electron chi connectivity index (χ0n) is 17.1. The molecular weight excluding hydrogens is 398 g/mol. The summed E-state index contributed by atoms with van der Waals surface area (Å²) in [5.74, 6) is 3.43. The first-order valence-corrected chi connectivity index (χ1v) is 9.74. The summed E-state index contributed by atoms with van der Waals surface area (Å²) in [7, 11) is 3.54. The molecule has 10 heteroatoms. The Morgan fingerprint density at radius 1 is 1.29 bits per heavy atom. The van der Waals surface area contributed by atoms with E-state index >= 15 is 0 Å².